The second-order valence-corrected chi connectivity index (χ2v) is 5.04. The van der Waals surface area contributed by atoms with Gasteiger partial charge in [-0.3, -0.25) is 4.79 Å². The number of carbonyl (C=O) groups excluding carboxylic acids is 1. The number of rotatable bonds is 6. The second kappa shape index (κ2) is 6.59. The van der Waals surface area contributed by atoms with E-state index in [1.807, 2.05) is 26.8 Å². The van der Waals surface area contributed by atoms with Gasteiger partial charge < -0.3 is 10.1 Å². The number of aromatic nitrogens is 1. The Balaban J connectivity index is 2.43. The highest BCUT2D eigenvalue weighted by atomic mass is 35.5. The maximum atomic E-state index is 11.7. The molecule has 0 saturated carbocycles. The largest absolute Gasteiger partial charge is 0.466 e. The second-order valence-electron chi connectivity index (χ2n) is 4.65. The van der Waals surface area contributed by atoms with Crippen molar-refractivity contribution in [1.29, 1.82) is 0 Å². The molecule has 1 N–H and O–H groups in total. The molecule has 0 fully saturated rings. The van der Waals surface area contributed by atoms with Gasteiger partial charge in [0.1, 0.15) is 5.15 Å². The molecule has 1 rings (SSSR count). The molecule has 0 atom stereocenters. The standard InChI is InChI=1S/C13H19ClN2O2/c1-4-18-12(17)13(2,3)6-8-15-10-5-7-16-11(14)9-10/h5,7,9H,4,6,8H2,1-3H3,(H,15,16). The van der Waals surface area contributed by atoms with E-state index in [2.05, 4.69) is 10.3 Å². The van der Waals surface area contributed by atoms with Crippen molar-refractivity contribution in [3.8, 4) is 0 Å². The lowest BCUT2D eigenvalue weighted by atomic mass is 9.89. The molecule has 1 aromatic heterocycles. The smallest absolute Gasteiger partial charge is 0.311 e. The molecule has 0 aliphatic carbocycles. The Hall–Kier alpha value is -1.29. The molecule has 0 saturated heterocycles. The Bertz CT molecular complexity index is 408. The lowest BCUT2D eigenvalue weighted by molar-refractivity contribution is -0.153. The fourth-order valence-electron chi connectivity index (χ4n) is 1.46. The van der Waals surface area contributed by atoms with E-state index in [9.17, 15) is 4.79 Å². The van der Waals surface area contributed by atoms with Crippen LogP contribution in [0.15, 0.2) is 18.3 Å². The number of anilines is 1. The summed E-state index contributed by atoms with van der Waals surface area (Å²) in [6, 6.07) is 3.59. The highest BCUT2D eigenvalue weighted by Gasteiger charge is 2.28. The first-order valence-electron chi connectivity index (χ1n) is 5.98. The Labute approximate surface area is 113 Å². The van der Waals surface area contributed by atoms with Gasteiger partial charge in [0, 0.05) is 18.4 Å². The van der Waals surface area contributed by atoms with E-state index < -0.39 is 5.41 Å². The van der Waals surface area contributed by atoms with E-state index in [1.54, 1.807) is 12.3 Å². The minimum absolute atomic E-state index is 0.167. The lowest BCUT2D eigenvalue weighted by Crippen LogP contribution is -2.29. The third kappa shape index (κ3) is 4.53. The zero-order chi connectivity index (χ0) is 13.6. The van der Waals surface area contributed by atoms with Crippen molar-refractivity contribution < 1.29 is 9.53 Å². The Kier molecular flexibility index (Phi) is 5.41. The number of carbonyl (C=O) groups is 1. The summed E-state index contributed by atoms with van der Waals surface area (Å²) in [5.74, 6) is -0.167. The molecular formula is C13H19ClN2O2. The van der Waals surface area contributed by atoms with Gasteiger partial charge in [-0.05, 0) is 39.3 Å². The zero-order valence-electron chi connectivity index (χ0n) is 11.0. The minimum Gasteiger partial charge on any atom is -0.466 e. The predicted octanol–water partition coefficient (Wildman–Crippen LogP) is 3.13. The maximum absolute atomic E-state index is 11.7. The zero-order valence-corrected chi connectivity index (χ0v) is 11.8. The van der Waals surface area contributed by atoms with E-state index in [4.69, 9.17) is 16.3 Å². The number of pyridine rings is 1. The number of halogens is 1. The fourth-order valence-corrected chi connectivity index (χ4v) is 1.63. The fraction of sp³-hybridized carbons (Fsp3) is 0.538. The average Bonchev–Trinajstić information content (AvgIpc) is 2.29. The SMILES string of the molecule is CCOC(=O)C(C)(C)CCNc1ccnc(Cl)c1. The Morgan fingerprint density at radius 3 is 2.89 bits per heavy atom. The number of nitrogens with one attached hydrogen (secondary N) is 1. The van der Waals surface area contributed by atoms with Crippen molar-refractivity contribution in [3.05, 3.63) is 23.5 Å². The van der Waals surface area contributed by atoms with Crippen LogP contribution < -0.4 is 5.32 Å². The van der Waals surface area contributed by atoms with Gasteiger partial charge in [-0.2, -0.15) is 0 Å². The number of ether oxygens (including phenoxy) is 1. The van der Waals surface area contributed by atoms with Crippen LogP contribution >= 0.6 is 11.6 Å². The predicted molar refractivity (Wildman–Crippen MR) is 72.8 cm³/mol. The first kappa shape index (κ1) is 14.8. The summed E-state index contributed by atoms with van der Waals surface area (Å²) in [4.78, 5) is 15.6. The summed E-state index contributed by atoms with van der Waals surface area (Å²) < 4.78 is 5.03. The van der Waals surface area contributed by atoms with Crippen molar-refractivity contribution in [2.75, 3.05) is 18.5 Å². The van der Waals surface area contributed by atoms with E-state index >= 15 is 0 Å². The molecule has 0 bridgehead atoms. The Morgan fingerprint density at radius 2 is 2.28 bits per heavy atom. The topological polar surface area (TPSA) is 51.2 Å². The van der Waals surface area contributed by atoms with Crippen LogP contribution in [0, 0.1) is 5.41 Å². The highest BCUT2D eigenvalue weighted by molar-refractivity contribution is 6.29. The van der Waals surface area contributed by atoms with Crippen LogP contribution in [0.2, 0.25) is 5.15 Å². The van der Waals surface area contributed by atoms with Crippen molar-refractivity contribution in [2.45, 2.75) is 27.2 Å². The van der Waals surface area contributed by atoms with Gasteiger partial charge >= 0.3 is 5.97 Å². The van der Waals surface area contributed by atoms with Gasteiger partial charge in [-0.15, -0.1) is 0 Å². The normalized spacial score (nSPS) is 11.1. The molecule has 0 aliphatic rings. The molecule has 0 aromatic carbocycles. The molecule has 18 heavy (non-hydrogen) atoms. The van der Waals surface area contributed by atoms with Crippen molar-refractivity contribution >= 4 is 23.3 Å². The van der Waals surface area contributed by atoms with Crippen LogP contribution in [0.4, 0.5) is 5.69 Å². The monoisotopic (exact) mass is 270 g/mol. The summed E-state index contributed by atoms with van der Waals surface area (Å²) in [5, 5.41) is 3.66. The molecule has 0 aliphatic heterocycles. The highest BCUT2D eigenvalue weighted by Crippen LogP contribution is 2.22. The van der Waals surface area contributed by atoms with Crippen molar-refractivity contribution in [1.82, 2.24) is 4.98 Å². The minimum atomic E-state index is -0.486. The molecule has 0 amide bonds. The summed E-state index contributed by atoms with van der Waals surface area (Å²) in [5.41, 5.74) is 0.412. The summed E-state index contributed by atoms with van der Waals surface area (Å²) in [7, 11) is 0. The summed E-state index contributed by atoms with van der Waals surface area (Å²) in [6.45, 7) is 6.66. The molecule has 0 spiro atoms. The quantitative estimate of drug-likeness (QED) is 0.637. The molecule has 1 aromatic rings. The number of hydrogen-bond acceptors (Lipinski definition) is 4. The van der Waals surface area contributed by atoms with Crippen LogP contribution in [-0.2, 0) is 9.53 Å². The van der Waals surface area contributed by atoms with E-state index in [0.29, 0.717) is 24.7 Å². The summed E-state index contributed by atoms with van der Waals surface area (Å²) in [6.07, 6.45) is 2.33. The molecule has 1 heterocycles. The molecule has 100 valence electrons. The van der Waals surface area contributed by atoms with Crippen LogP contribution in [0.1, 0.15) is 27.2 Å². The van der Waals surface area contributed by atoms with Crippen LogP contribution in [0.25, 0.3) is 0 Å². The molecule has 4 nitrogen and oxygen atoms in total. The lowest BCUT2D eigenvalue weighted by Gasteiger charge is -2.22. The van der Waals surface area contributed by atoms with Gasteiger partial charge in [0.2, 0.25) is 0 Å². The van der Waals surface area contributed by atoms with Crippen LogP contribution in [0.5, 0.6) is 0 Å². The van der Waals surface area contributed by atoms with Crippen molar-refractivity contribution in [3.63, 3.8) is 0 Å². The number of esters is 1. The van der Waals surface area contributed by atoms with Gasteiger partial charge in [0.25, 0.3) is 0 Å². The Morgan fingerprint density at radius 1 is 1.56 bits per heavy atom. The third-order valence-electron chi connectivity index (χ3n) is 2.63. The van der Waals surface area contributed by atoms with E-state index in [-0.39, 0.29) is 5.97 Å². The van der Waals surface area contributed by atoms with Gasteiger partial charge in [0.15, 0.2) is 0 Å². The molecule has 0 radical (unpaired) electrons. The van der Waals surface area contributed by atoms with Gasteiger partial charge in [-0.1, -0.05) is 11.6 Å². The number of nitrogens with zero attached hydrogens (tertiary/aromatic N) is 1. The third-order valence-corrected chi connectivity index (χ3v) is 2.84. The van der Waals surface area contributed by atoms with Gasteiger partial charge in [-0.25, -0.2) is 4.98 Å². The van der Waals surface area contributed by atoms with Gasteiger partial charge in [0.05, 0.1) is 12.0 Å². The molecule has 5 heteroatoms. The average molecular weight is 271 g/mol. The first-order valence-corrected chi connectivity index (χ1v) is 6.36. The maximum Gasteiger partial charge on any atom is 0.311 e. The van der Waals surface area contributed by atoms with Crippen LogP contribution in [-0.4, -0.2) is 24.1 Å². The summed E-state index contributed by atoms with van der Waals surface area (Å²) >= 11 is 5.78. The van der Waals surface area contributed by atoms with E-state index in [0.717, 1.165) is 5.69 Å². The molecular weight excluding hydrogens is 252 g/mol. The number of hydrogen-bond donors (Lipinski definition) is 1. The van der Waals surface area contributed by atoms with Crippen molar-refractivity contribution in [2.24, 2.45) is 5.41 Å². The molecule has 0 unspecified atom stereocenters. The van der Waals surface area contributed by atoms with E-state index in [1.165, 1.54) is 0 Å². The first-order chi connectivity index (χ1) is 8.45. The van der Waals surface area contributed by atoms with Crippen LogP contribution in [0.3, 0.4) is 0 Å².